The number of hydrogen-bond donors (Lipinski definition) is 2. The molecule has 2 rings (SSSR count). The number of ether oxygens (including phenoxy) is 1. The van der Waals surface area contributed by atoms with Crippen LogP contribution in [0.2, 0.25) is 0 Å². The molecule has 88 valence electrons. The smallest absolute Gasteiger partial charge is 0.252 e. The fraction of sp³-hybridized carbons (Fsp3) is 0.154. The van der Waals surface area contributed by atoms with Crippen molar-refractivity contribution < 1.29 is 14.6 Å². The van der Waals surface area contributed by atoms with Crippen LogP contribution in [0.15, 0.2) is 30.3 Å². The molecule has 0 atom stereocenters. The van der Waals surface area contributed by atoms with Crippen molar-refractivity contribution in [3.63, 3.8) is 0 Å². The van der Waals surface area contributed by atoms with Crippen molar-refractivity contribution in [1.29, 1.82) is 0 Å². The first-order valence-electron chi connectivity index (χ1n) is 5.32. The lowest BCUT2D eigenvalue weighted by Gasteiger charge is -2.11. The highest BCUT2D eigenvalue weighted by Gasteiger charge is 2.15. The van der Waals surface area contributed by atoms with Crippen LogP contribution in [0.3, 0.4) is 0 Å². The molecule has 4 heteroatoms. The number of primary amides is 1. The summed E-state index contributed by atoms with van der Waals surface area (Å²) in [5, 5.41) is 11.3. The maximum absolute atomic E-state index is 11.2. The molecule has 0 spiro atoms. The van der Waals surface area contributed by atoms with Crippen LogP contribution < -0.4 is 10.5 Å². The number of carbonyl (C=O) groups is 1. The first-order valence-corrected chi connectivity index (χ1v) is 5.32. The molecule has 3 N–H and O–H groups in total. The number of fused-ring (bicyclic) bond motifs is 1. The van der Waals surface area contributed by atoms with Gasteiger partial charge in [-0.15, -0.1) is 0 Å². The number of benzene rings is 2. The van der Waals surface area contributed by atoms with E-state index in [1.165, 1.54) is 6.07 Å². The van der Waals surface area contributed by atoms with Crippen LogP contribution in [0.4, 0.5) is 0 Å². The first kappa shape index (κ1) is 11.3. The van der Waals surface area contributed by atoms with Gasteiger partial charge in [-0.2, -0.15) is 0 Å². The van der Waals surface area contributed by atoms with Crippen molar-refractivity contribution in [3.05, 3.63) is 35.9 Å². The molecular formula is C13H13NO3. The van der Waals surface area contributed by atoms with E-state index in [1.807, 2.05) is 19.1 Å². The summed E-state index contributed by atoms with van der Waals surface area (Å²) in [6.45, 7) is 2.33. The van der Waals surface area contributed by atoms with Crippen molar-refractivity contribution in [2.24, 2.45) is 5.73 Å². The Morgan fingerprint density at radius 2 is 2.00 bits per heavy atom. The zero-order valence-corrected chi connectivity index (χ0v) is 9.43. The average Bonchev–Trinajstić information content (AvgIpc) is 2.33. The van der Waals surface area contributed by atoms with Crippen molar-refractivity contribution in [2.75, 3.05) is 6.61 Å². The molecule has 0 radical (unpaired) electrons. The minimum absolute atomic E-state index is 0.0761. The number of phenols is 1. The molecule has 2 aromatic carbocycles. The minimum Gasteiger partial charge on any atom is -0.506 e. The maximum Gasteiger partial charge on any atom is 0.252 e. The lowest BCUT2D eigenvalue weighted by atomic mass is 10.0. The predicted octanol–water partition coefficient (Wildman–Crippen LogP) is 2.04. The Hall–Kier alpha value is -2.23. The Balaban J connectivity index is 2.79. The number of rotatable bonds is 3. The van der Waals surface area contributed by atoms with Gasteiger partial charge in [0, 0.05) is 10.8 Å². The molecule has 4 nitrogen and oxygen atoms in total. The summed E-state index contributed by atoms with van der Waals surface area (Å²) < 4.78 is 5.45. The van der Waals surface area contributed by atoms with Crippen molar-refractivity contribution >= 4 is 16.7 Å². The fourth-order valence-corrected chi connectivity index (χ4v) is 1.79. The fourth-order valence-electron chi connectivity index (χ4n) is 1.79. The average molecular weight is 231 g/mol. The zero-order valence-electron chi connectivity index (χ0n) is 9.43. The number of hydrogen-bond acceptors (Lipinski definition) is 3. The Labute approximate surface area is 98.6 Å². The van der Waals surface area contributed by atoms with E-state index in [2.05, 4.69) is 0 Å². The van der Waals surface area contributed by atoms with Crippen LogP contribution in [0.1, 0.15) is 17.3 Å². The molecule has 0 heterocycles. The third kappa shape index (κ3) is 1.89. The maximum atomic E-state index is 11.2. The summed E-state index contributed by atoms with van der Waals surface area (Å²) in [7, 11) is 0. The van der Waals surface area contributed by atoms with E-state index in [0.717, 1.165) is 5.39 Å². The molecule has 0 aliphatic heterocycles. The molecule has 0 aliphatic carbocycles. The molecule has 17 heavy (non-hydrogen) atoms. The van der Waals surface area contributed by atoms with Crippen LogP contribution in [-0.4, -0.2) is 17.6 Å². The highest BCUT2D eigenvalue weighted by Crippen LogP contribution is 2.35. The number of amides is 1. The SMILES string of the molecule is CCOc1cc(C(N)=O)c(O)c2ccccc12. The first-order chi connectivity index (χ1) is 8.15. The second-order valence-corrected chi connectivity index (χ2v) is 3.61. The molecule has 1 amide bonds. The van der Waals surface area contributed by atoms with Crippen LogP contribution >= 0.6 is 0 Å². The molecule has 0 bridgehead atoms. The van der Waals surface area contributed by atoms with Crippen LogP contribution in [0, 0.1) is 0 Å². The molecule has 0 aromatic heterocycles. The third-order valence-electron chi connectivity index (χ3n) is 2.54. The van der Waals surface area contributed by atoms with Crippen LogP contribution in [-0.2, 0) is 0 Å². The Morgan fingerprint density at radius 3 is 2.59 bits per heavy atom. The molecule has 2 aromatic rings. The molecular weight excluding hydrogens is 218 g/mol. The quantitative estimate of drug-likeness (QED) is 0.849. The summed E-state index contributed by atoms with van der Waals surface area (Å²) in [6.07, 6.45) is 0. The largest absolute Gasteiger partial charge is 0.506 e. The molecule has 0 saturated heterocycles. The molecule has 0 aliphatic rings. The van der Waals surface area contributed by atoms with E-state index in [0.29, 0.717) is 17.7 Å². The van der Waals surface area contributed by atoms with E-state index >= 15 is 0 Å². The zero-order chi connectivity index (χ0) is 12.4. The lowest BCUT2D eigenvalue weighted by Crippen LogP contribution is -2.11. The van der Waals surface area contributed by atoms with E-state index in [4.69, 9.17) is 10.5 Å². The molecule has 0 saturated carbocycles. The van der Waals surface area contributed by atoms with Crippen LogP contribution in [0.5, 0.6) is 11.5 Å². The summed E-state index contributed by atoms with van der Waals surface area (Å²) in [6, 6.07) is 8.64. The standard InChI is InChI=1S/C13H13NO3/c1-2-17-11-7-10(13(14)16)12(15)9-6-4-3-5-8(9)11/h3-7,15H,2H2,1H3,(H2,14,16). The van der Waals surface area contributed by atoms with Crippen LogP contribution in [0.25, 0.3) is 10.8 Å². The van der Waals surface area contributed by atoms with Gasteiger partial charge < -0.3 is 15.6 Å². The van der Waals surface area contributed by atoms with Gasteiger partial charge in [0.1, 0.15) is 11.5 Å². The normalized spacial score (nSPS) is 10.4. The van der Waals surface area contributed by atoms with Crippen molar-refractivity contribution in [3.8, 4) is 11.5 Å². The minimum atomic E-state index is -0.672. The van der Waals surface area contributed by atoms with Gasteiger partial charge in [0.15, 0.2) is 0 Å². The third-order valence-corrected chi connectivity index (χ3v) is 2.54. The number of nitrogens with two attached hydrogens (primary N) is 1. The molecule has 0 fully saturated rings. The number of carbonyl (C=O) groups excluding carboxylic acids is 1. The van der Waals surface area contributed by atoms with Gasteiger partial charge in [0.05, 0.1) is 12.2 Å². The van der Waals surface area contributed by atoms with Crippen molar-refractivity contribution in [2.45, 2.75) is 6.92 Å². The second kappa shape index (κ2) is 4.33. The van der Waals surface area contributed by atoms with Gasteiger partial charge in [-0.05, 0) is 13.0 Å². The summed E-state index contributed by atoms with van der Waals surface area (Å²) in [5.41, 5.74) is 5.29. The van der Waals surface area contributed by atoms with E-state index < -0.39 is 5.91 Å². The predicted molar refractivity (Wildman–Crippen MR) is 65.3 cm³/mol. The highest BCUT2D eigenvalue weighted by atomic mass is 16.5. The van der Waals surface area contributed by atoms with E-state index in [9.17, 15) is 9.90 Å². The summed E-state index contributed by atoms with van der Waals surface area (Å²) >= 11 is 0. The second-order valence-electron chi connectivity index (χ2n) is 3.61. The Bertz CT molecular complexity index is 578. The van der Waals surface area contributed by atoms with Gasteiger partial charge in [0.25, 0.3) is 5.91 Å². The van der Waals surface area contributed by atoms with E-state index in [-0.39, 0.29) is 11.3 Å². The Morgan fingerprint density at radius 1 is 1.35 bits per heavy atom. The number of aromatic hydroxyl groups is 1. The van der Waals surface area contributed by atoms with Gasteiger partial charge in [0.2, 0.25) is 0 Å². The van der Waals surface area contributed by atoms with Gasteiger partial charge in [-0.3, -0.25) is 4.79 Å². The van der Waals surface area contributed by atoms with E-state index in [1.54, 1.807) is 12.1 Å². The van der Waals surface area contributed by atoms with Gasteiger partial charge in [-0.25, -0.2) is 0 Å². The summed E-state index contributed by atoms with van der Waals surface area (Å²) in [4.78, 5) is 11.2. The van der Waals surface area contributed by atoms with Crippen molar-refractivity contribution in [1.82, 2.24) is 0 Å². The highest BCUT2D eigenvalue weighted by molar-refractivity contribution is 6.05. The van der Waals surface area contributed by atoms with Gasteiger partial charge >= 0.3 is 0 Å². The monoisotopic (exact) mass is 231 g/mol. The van der Waals surface area contributed by atoms with Gasteiger partial charge in [-0.1, -0.05) is 24.3 Å². The summed E-state index contributed by atoms with van der Waals surface area (Å²) in [5.74, 6) is -0.222. The lowest BCUT2D eigenvalue weighted by molar-refractivity contribution is 0.0997. The molecule has 0 unspecified atom stereocenters. The topological polar surface area (TPSA) is 72.5 Å². The Kier molecular flexibility index (Phi) is 2.87.